The Bertz CT molecular complexity index is 224. The second-order valence-corrected chi connectivity index (χ2v) is 3.90. The minimum Gasteiger partial charge on any atom is -0.396 e. The highest BCUT2D eigenvalue weighted by Crippen LogP contribution is 2.05. The normalized spacial score (nSPS) is 11.8. The van der Waals surface area contributed by atoms with Gasteiger partial charge in [-0.25, -0.2) is 0 Å². The van der Waals surface area contributed by atoms with E-state index in [2.05, 4.69) is 5.32 Å². The standard InChI is InChI=1S/C12H22N2O2/c1-2-7-11(10-13)12(16)14-8-5-3-4-6-9-15/h11,15H,2-9H2,1H3,(H,14,16). The first-order valence-corrected chi connectivity index (χ1v) is 6.04. The summed E-state index contributed by atoms with van der Waals surface area (Å²) in [4.78, 5) is 11.5. The zero-order valence-corrected chi connectivity index (χ0v) is 10.0. The molecule has 0 fully saturated rings. The Morgan fingerprint density at radius 1 is 1.38 bits per heavy atom. The van der Waals surface area contributed by atoms with Gasteiger partial charge in [-0.1, -0.05) is 26.2 Å². The van der Waals surface area contributed by atoms with Crippen LogP contribution in [0.4, 0.5) is 0 Å². The first-order chi connectivity index (χ1) is 7.76. The maximum absolute atomic E-state index is 11.5. The van der Waals surface area contributed by atoms with Crippen LogP contribution in [0, 0.1) is 17.2 Å². The molecule has 0 bridgehead atoms. The summed E-state index contributed by atoms with van der Waals surface area (Å²) >= 11 is 0. The molecule has 0 aliphatic rings. The van der Waals surface area contributed by atoms with Crippen molar-refractivity contribution in [2.24, 2.45) is 5.92 Å². The first-order valence-electron chi connectivity index (χ1n) is 6.04. The lowest BCUT2D eigenvalue weighted by atomic mass is 10.0. The summed E-state index contributed by atoms with van der Waals surface area (Å²) in [6.45, 7) is 2.83. The predicted octanol–water partition coefficient (Wildman–Crippen LogP) is 1.60. The summed E-state index contributed by atoms with van der Waals surface area (Å²) in [6.07, 6.45) is 5.21. The SMILES string of the molecule is CCCC(C#N)C(=O)NCCCCCCO. The molecule has 16 heavy (non-hydrogen) atoms. The molecule has 92 valence electrons. The zero-order chi connectivity index (χ0) is 12.2. The van der Waals surface area contributed by atoms with Crippen molar-refractivity contribution in [2.45, 2.75) is 45.4 Å². The average molecular weight is 226 g/mol. The summed E-state index contributed by atoms with van der Waals surface area (Å²) < 4.78 is 0. The van der Waals surface area contributed by atoms with Crippen LogP contribution < -0.4 is 5.32 Å². The van der Waals surface area contributed by atoms with Crippen molar-refractivity contribution in [3.05, 3.63) is 0 Å². The van der Waals surface area contributed by atoms with Gasteiger partial charge in [-0.05, 0) is 19.3 Å². The van der Waals surface area contributed by atoms with Gasteiger partial charge in [0.25, 0.3) is 0 Å². The average Bonchev–Trinajstić information content (AvgIpc) is 2.30. The minimum absolute atomic E-state index is 0.147. The number of nitriles is 1. The lowest BCUT2D eigenvalue weighted by molar-refractivity contribution is -0.123. The number of hydrogen-bond donors (Lipinski definition) is 2. The van der Waals surface area contributed by atoms with Gasteiger partial charge >= 0.3 is 0 Å². The van der Waals surface area contributed by atoms with Crippen molar-refractivity contribution < 1.29 is 9.90 Å². The Morgan fingerprint density at radius 2 is 2.06 bits per heavy atom. The molecule has 2 N–H and O–H groups in total. The van der Waals surface area contributed by atoms with E-state index in [1.807, 2.05) is 13.0 Å². The number of nitrogens with one attached hydrogen (secondary N) is 1. The molecule has 0 saturated heterocycles. The Kier molecular flexibility index (Phi) is 9.73. The second-order valence-electron chi connectivity index (χ2n) is 3.90. The van der Waals surface area contributed by atoms with Crippen LogP contribution >= 0.6 is 0 Å². The summed E-state index contributed by atoms with van der Waals surface area (Å²) in [5, 5.41) is 20.1. The molecule has 1 atom stereocenters. The molecule has 0 spiro atoms. The number of hydrogen-bond acceptors (Lipinski definition) is 3. The third-order valence-electron chi connectivity index (χ3n) is 2.43. The van der Waals surface area contributed by atoms with Crippen LogP contribution in [0.15, 0.2) is 0 Å². The predicted molar refractivity (Wildman–Crippen MR) is 62.6 cm³/mol. The smallest absolute Gasteiger partial charge is 0.237 e. The van der Waals surface area contributed by atoms with E-state index >= 15 is 0 Å². The van der Waals surface area contributed by atoms with Gasteiger partial charge in [-0.2, -0.15) is 5.26 Å². The maximum atomic E-state index is 11.5. The monoisotopic (exact) mass is 226 g/mol. The van der Waals surface area contributed by atoms with Crippen LogP contribution in [0.25, 0.3) is 0 Å². The van der Waals surface area contributed by atoms with Crippen LogP contribution in [0.1, 0.15) is 45.4 Å². The maximum Gasteiger partial charge on any atom is 0.237 e. The molecule has 0 aromatic heterocycles. The molecule has 0 saturated carbocycles. The molecule has 4 nitrogen and oxygen atoms in total. The summed E-state index contributed by atoms with van der Waals surface area (Å²) in [6, 6.07) is 2.02. The molecule has 0 aromatic rings. The van der Waals surface area contributed by atoms with Gasteiger partial charge < -0.3 is 10.4 Å². The summed E-state index contributed by atoms with van der Waals surface area (Å²) in [7, 11) is 0. The topological polar surface area (TPSA) is 73.1 Å². The van der Waals surface area contributed by atoms with E-state index in [0.29, 0.717) is 13.0 Å². The minimum atomic E-state index is -0.498. The first kappa shape index (κ1) is 14.9. The fraction of sp³-hybridized carbons (Fsp3) is 0.833. The van der Waals surface area contributed by atoms with E-state index < -0.39 is 5.92 Å². The summed E-state index contributed by atoms with van der Waals surface area (Å²) in [5.74, 6) is -0.644. The van der Waals surface area contributed by atoms with Gasteiger partial charge in [0.05, 0.1) is 6.07 Å². The zero-order valence-electron chi connectivity index (χ0n) is 10.0. The lowest BCUT2D eigenvalue weighted by Gasteiger charge is -2.08. The van der Waals surface area contributed by atoms with Gasteiger partial charge in [0, 0.05) is 13.2 Å². The van der Waals surface area contributed by atoms with Crippen molar-refractivity contribution in [3.63, 3.8) is 0 Å². The van der Waals surface area contributed by atoms with Crippen molar-refractivity contribution in [1.29, 1.82) is 5.26 Å². The van der Waals surface area contributed by atoms with Crippen LogP contribution in [-0.2, 0) is 4.79 Å². The molecule has 0 aliphatic heterocycles. The number of carbonyl (C=O) groups excluding carboxylic acids is 1. The lowest BCUT2D eigenvalue weighted by Crippen LogP contribution is -2.30. The third-order valence-corrected chi connectivity index (χ3v) is 2.43. The van der Waals surface area contributed by atoms with Crippen molar-refractivity contribution >= 4 is 5.91 Å². The van der Waals surface area contributed by atoms with Gasteiger partial charge in [0.1, 0.15) is 5.92 Å². The van der Waals surface area contributed by atoms with Crippen molar-refractivity contribution in [3.8, 4) is 6.07 Å². The molecule has 0 rings (SSSR count). The van der Waals surface area contributed by atoms with Crippen molar-refractivity contribution in [2.75, 3.05) is 13.2 Å². The van der Waals surface area contributed by atoms with E-state index in [1.54, 1.807) is 0 Å². The molecular formula is C12H22N2O2. The number of nitrogens with zero attached hydrogens (tertiary/aromatic N) is 1. The molecular weight excluding hydrogens is 204 g/mol. The van der Waals surface area contributed by atoms with Crippen LogP contribution in [-0.4, -0.2) is 24.2 Å². The number of aliphatic hydroxyl groups is 1. The van der Waals surface area contributed by atoms with Crippen LogP contribution in [0.3, 0.4) is 0 Å². The molecule has 0 aromatic carbocycles. The Morgan fingerprint density at radius 3 is 2.62 bits per heavy atom. The molecule has 0 heterocycles. The second kappa shape index (κ2) is 10.4. The fourth-order valence-corrected chi connectivity index (χ4v) is 1.47. The summed E-state index contributed by atoms with van der Waals surface area (Å²) in [5.41, 5.74) is 0. The van der Waals surface area contributed by atoms with Crippen LogP contribution in [0.5, 0.6) is 0 Å². The van der Waals surface area contributed by atoms with Gasteiger partial charge in [-0.15, -0.1) is 0 Å². The Balaban J connectivity index is 3.53. The number of carbonyl (C=O) groups is 1. The van der Waals surface area contributed by atoms with E-state index in [9.17, 15) is 4.79 Å². The van der Waals surface area contributed by atoms with Crippen LogP contribution in [0.2, 0.25) is 0 Å². The number of unbranched alkanes of at least 4 members (excludes halogenated alkanes) is 3. The largest absolute Gasteiger partial charge is 0.396 e. The van der Waals surface area contributed by atoms with E-state index in [-0.39, 0.29) is 12.5 Å². The van der Waals surface area contributed by atoms with Gasteiger partial charge in [0.15, 0.2) is 0 Å². The van der Waals surface area contributed by atoms with E-state index in [0.717, 1.165) is 32.1 Å². The number of aliphatic hydroxyl groups excluding tert-OH is 1. The molecule has 1 unspecified atom stereocenters. The van der Waals surface area contributed by atoms with E-state index in [1.165, 1.54) is 0 Å². The van der Waals surface area contributed by atoms with Crippen molar-refractivity contribution in [1.82, 2.24) is 5.32 Å². The fourth-order valence-electron chi connectivity index (χ4n) is 1.47. The third kappa shape index (κ3) is 7.24. The quantitative estimate of drug-likeness (QED) is 0.586. The highest BCUT2D eigenvalue weighted by atomic mass is 16.2. The molecule has 1 amide bonds. The van der Waals surface area contributed by atoms with Gasteiger partial charge in [0.2, 0.25) is 5.91 Å². The number of rotatable bonds is 9. The van der Waals surface area contributed by atoms with Gasteiger partial charge in [-0.3, -0.25) is 4.79 Å². The van der Waals surface area contributed by atoms with E-state index in [4.69, 9.17) is 10.4 Å². The molecule has 4 heteroatoms. The molecule has 0 radical (unpaired) electrons. The molecule has 0 aliphatic carbocycles. The highest BCUT2D eigenvalue weighted by Gasteiger charge is 2.15. The Hall–Kier alpha value is -1.08. The highest BCUT2D eigenvalue weighted by molar-refractivity contribution is 5.80. The Labute approximate surface area is 97.7 Å². The number of amides is 1.